The van der Waals surface area contributed by atoms with E-state index >= 15 is 0 Å². The van der Waals surface area contributed by atoms with Crippen molar-refractivity contribution in [1.82, 2.24) is 10.2 Å². The molecule has 0 saturated carbocycles. The number of aliphatic carboxylic acids is 1. The molecule has 5 nitrogen and oxygen atoms in total. The highest BCUT2D eigenvalue weighted by atomic mass is 32.2. The molecule has 1 heterocycles. The Morgan fingerprint density at radius 1 is 1.59 bits per heavy atom. The van der Waals surface area contributed by atoms with Gasteiger partial charge in [-0.2, -0.15) is 11.8 Å². The Kier molecular flexibility index (Phi) is 5.61. The second kappa shape index (κ2) is 6.74. The quantitative estimate of drug-likeness (QED) is 0.801. The third kappa shape index (κ3) is 4.11. The van der Waals surface area contributed by atoms with Gasteiger partial charge in [0.05, 0.1) is 0 Å². The molecule has 1 saturated heterocycles. The summed E-state index contributed by atoms with van der Waals surface area (Å²) in [5, 5.41) is 11.9. The number of nitrogens with zero attached hydrogens (tertiary/aromatic N) is 1. The Hall–Kier alpha value is -0.910. The minimum atomic E-state index is -0.955. The van der Waals surface area contributed by atoms with E-state index in [-0.39, 0.29) is 12.1 Å². The number of hydrogen-bond donors (Lipinski definition) is 2. The number of thioether (sulfide) groups is 1. The summed E-state index contributed by atoms with van der Waals surface area (Å²) in [5.41, 5.74) is 0. The molecule has 2 N–H and O–H groups in total. The Morgan fingerprint density at radius 3 is 2.76 bits per heavy atom. The van der Waals surface area contributed by atoms with Crippen molar-refractivity contribution >= 4 is 23.8 Å². The number of rotatable bonds is 4. The van der Waals surface area contributed by atoms with Crippen molar-refractivity contribution in [3.63, 3.8) is 0 Å². The molecular formula is C11H20N2O3S. The van der Waals surface area contributed by atoms with Crippen LogP contribution >= 0.6 is 11.8 Å². The zero-order valence-corrected chi connectivity index (χ0v) is 11.1. The SMILES string of the molecule is CCC(C(=O)O)N(C)C(=O)NC1CCCSC1. The normalized spacial score (nSPS) is 21.6. The maximum atomic E-state index is 11.9. The topological polar surface area (TPSA) is 69.6 Å². The van der Waals surface area contributed by atoms with Crippen LogP contribution in [0.1, 0.15) is 26.2 Å². The second-order valence-corrected chi connectivity index (χ2v) is 5.39. The van der Waals surface area contributed by atoms with E-state index in [1.807, 2.05) is 11.8 Å². The molecule has 0 aromatic rings. The van der Waals surface area contributed by atoms with Crippen molar-refractivity contribution in [3.05, 3.63) is 0 Å². The number of hydrogen-bond acceptors (Lipinski definition) is 3. The highest BCUT2D eigenvalue weighted by Crippen LogP contribution is 2.17. The molecule has 0 bridgehead atoms. The van der Waals surface area contributed by atoms with Gasteiger partial charge in [-0.1, -0.05) is 6.92 Å². The zero-order chi connectivity index (χ0) is 12.8. The Balaban J connectivity index is 2.47. The molecule has 1 rings (SSSR count). The summed E-state index contributed by atoms with van der Waals surface area (Å²) in [5.74, 6) is 1.11. The molecule has 2 amide bonds. The van der Waals surface area contributed by atoms with Gasteiger partial charge in [0, 0.05) is 18.8 Å². The first-order chi connectivity index (χ1) is 8.06. The van der Waals surface area contributed by atoms with Crippen molar-refractivity contribution in [2.75, 3.05) is 18.6 Å². The highest BCUT2D eigenvalue weighted by molar-refractivity contribution is 7.99. The highest BCUT2D eigenvalue weighted by Gasteiger charge is 2.26. The fourth-order valence-corrected chi connectivity index (χ4v) is 2.96. The predicted molar refractivity (Wildman–Crippen MR) is 68.4 cm³/mol. The number of urea groups is 1. The van der Waals surface area contributed by atoms with E-state index in [9.17, 15) is 9.59 Å². The smallest absolute Gasteiger partial charge is 0.326 e. The van der Waals surface area contributed by atoms with Crippen LogP contribution in [0.4, 0.5) is 4.79 Å². The van der Waals surface area contributed by atoms with E-state index in [2.05, 4.69) is 5.32 Å². The van der Waals surface area contributed by atoms with Crippen LogP contribution < -0.4 is 5.32 Å². The first kappa shape index (κ1) is 14.2. The summed E-state index contributed by atoms with van der Waals surface area (Å²) in [6.45, 7) is 1.76. The van der Waals surface area contributed by atoms with Gasteiger partial charge in [0.1, 0.15) is 6.04 Å². The second-order valence-electron chi connectivity index (χ2n) is 4.24. The Labute approximate surface area is 106 Å². The summed E-state index contributed by atoms with van der Waals surface area (Å²) in [6, 6.07) is -0.854. The van der Waals surface area contributed by atoms with Crippen LogP contribution in [-0.2, 0) is 4.79 Å². The average Bonchev–Trinajstić information content (AvgIpc) is 2.30. The zero-order valence-electron chi connectivity index (χ0n) is 10.3. The minimum absolute atomic E-state index is 0.176. The first-order valence-corrected chi connectivity index (χ1v) is 7.05. The van der Waals surface area contributed by atoms with Crippen LogP contribution in [0, 0.1) is 0 Å². The fourth-order valence-electron chi connectivity index (χ4n) is 1.89. The summed E-state index contributed by atoms with van der Waals surface area (Å²) < 4.78 is 0. The van der Waals surface area contributed by atoms with Gasteiger partial charge in [0.25, 0.3) is 0 Å². The number of nitrogens with one attached hydrogen (secondary N) is 1. The molecular weight excluding hydrogens is 240 g/mol. The molecule has 6 heteroatoms. The van der Waals surface area contributed by atoms with Gasteiger partial charge in [0.15, 0.2) is 0 Å². The number of likely N-dealkylation sites (N-methyl/N-ethyl adjacent to an activating group) is 1. The van der Waals surface area contributed by atoms with Gasteiger partial charge < -0.3 is 15.3 Å². The largest absolute Gasteiger partial charge is 0.480 e. The maximum absolute atomic E-state index is 11.9. The third-order valence-corrected chi connectivity index (χ3v) is 4.16. The lowest BCUT2D eigenvalue weighted by Crippen LogP contribution is -2.50. The van der Waals surface area contributed by atoms with Crippen LogP contribution in [-0.4, -0.2) is 52.6 Å². The summed E-state index contributed by atoms with van der Waals surface area (Å²) >= 11 is 1.83. The third-order valence-electron chi connectivity index (χ3n) is 2.95. The molecule has 0 radical (unpaired) electrons. The summed E-state index contributed by atoms with van der Waals surface area (Å²) in [6.07, 6.45) is 2.50. The molecule has 0 aliphatic carbocycles. The number of carboxylic acids is 1. The van der Waals surface area contributed by atoms with E-state index in [1.165, 1.54) is 11.9 Å². The molecule has 98 valence electrons. The van der Waals surface area contributed by atoms with Gasteiger partial charge in [-0.05, 0) is 25.0 Å². The molecule has 17 heavy (non-hydrogen) atoms. The predicted octanol–water partition coefficient (Wildman–Crippen LogP) is 1.39. The van der Waals surface area contributed by atoms with E-state index in [0.29, 0.717) is 6.42 Å². The van der Waals surface area contributed by atoms with Crippen molar-refractivity contribution in [3.8, 4) is 0 Å². The summed E-state index contributed by atoms with van der Waals surface area (Å²) in [4.78, 5) is 24.1. The van der Waals surface area contributed by atoms with Crippen LogP contribution in [0.3, 0.4) is 0 Å². The van der Waals surface area contributed by atoms with Crippen LogP contribution in [0.5, 0.6) is 0 Å². The molecule has 2 unspecified atom stereocenters. The standard InChI is InChI=1S/C11H20N2O3S/c1-3-9(10(14)15)13(2)11(16)12-8-5-4-6-17-7-8/h8-9H,3-7H2,1-2H3,(H,12,16)(H,14,15). The molecule has 0 aromatic carbocycles. The molecule has 2 atom stereocenters. The van der Waals surface area contributed by atoms with Gasteiger partial charge >= 0.3 is 12.0 Å². The number of amides is 2. The number of carbonyl (C=O) groups excluding carboxylic acids is 1. The van der Waals surface area contributed by atoms with Gasteiger partial charge in [-0.3, -0.25) is 0 Å². The van der Waals surface area contributed by atoms with E-state index in [0.717, 1.165) is 24.3 Å². The monoisotopic (exact) mass is 260 g/mol. The average molecular weight is 260 g/mol. The van der Waals surface area contributed by atoms with Crippen molar-refractivity contribution in [1.29, 1.82) is 0 Å². The van der Waals surface area contributed by atoms with Crippen molar-refractivity contribution < 1.29 is 14.7 Å². The molecule has 0 spiro atoms. The fraction of sp³-hybridized carbons (Fsp3) is 0.818. The van der Waals surface area contributed by atoms with Gasteiger partial charge in [-0.25, -0.2) is 9.59 Å². The van der Waals surface area contributed by atoms with E-state index in [4.69, 9.17) is 5.11 Å². The van der Waals surface area contributed by atoms with Gasteiger partial charge in [-0.15, -0.1) is 0 Å². The van der Waals surface area contributed by atoms with E-state index < -0.39 is 12.0 Å². The van der Waals surface area contributed by atoms with Crippen LogP contribution in [0.25, 0.3) is 0 Å². The maximum Gasteiger partial charge on any atom is 0.326 e. The lowest BCUT2D eigenvalue weighted by atomic mass is 10.2. The molecule has 1 aliphatic rings. The Bertz CT molecular complexity index is 280. The number of carboxylic acid groups (broad SMARTS) is 1. The Morgan fingerprint density at radius 2 is 2.29 bits per heavy atom. The van der Waals surface area contributed by atoms with Crippen LogP contribution in [0.15, 0.2) is 0 Å². The summed E-state index contributed by atoms with van der Waals surface area (Å²) in [7, 11) is 1.54. The van der Waals surface area contributed by atoms with Crippen LogP contribution in [0.2, 0.25) is 0 Å². The van der Waals surface area contributed by atoms with Crippen molar-refractivity contribution in [2.24, 2.45) is 0 Å². The first-order valence-electron chi connectivity index (χ1n) is 5.90. The van der Waals surface area contributed by atoms with E-state index in [1.54, 1.807) is 6.92 Å². The minimum Gasteiger partial charge on any atom is -0.480 e. The molecule has 0 aromatic heterocycles. The van der Waals surface area contributed by atoms with Gasteiger partial charge in [0.2, 0.25) is 0 Å². The lowest BCUT2D eigenvalue weighted by molar-refractivity contribution is -0.141. The van der Waals surface area contributed by atoms with Crippen molar-refractivity contribution in [2.45, 2.75) is 38.3 Å². The lowest BCUT2D eigenvalue weighted by Gasteiger charge is -2.28. The molecule has 1 fully saturated rings. The number of carbonyl (C=O) groups is 2. The molecule has 1 aliphatic heterocycles.